The minimum absolute atomic E-state index is 0.628. The molecule has 2 atom stereocenters. The second kappa shape index (κ2) is 7.00. The van der Waals surface area contributed by atoms with Crippen molar-refractivity contribution >= 4 is 23.4 Å². The summed E-state index contributed by atoms with van der Waals surface area (Å²) in [7, 11) is 0. The van der Waals surface area contributed by atoms with Crippen LogP contribution in [0.1, 0.15) is 44.0 Å². The average molecular weight is 302 g/mol. The van der Waals surface area contributed by atoms with Gasteiger partial charge >= 0.3 is 0 Å². The van der Waals surface area contributed by atoms with Gasteiger partial charge in [0.15, 0.2) is 0 Å². The van der Waals surface area contributed by atoms with Crippen LogP contribution in [0.3, 0.4) is 0 Å². The molecule has 0 saturated heterocycles. The van der Waals surface area contributed by atoms with E-state index < -0.39 is 0 Å². The number of aryl methyl sites for hydroxylation is 2. The molecule has 0 amide bonds. The minimum Gasteiger partial charge on any atom is -0.308 e. The number of aromatic nitrogens is 2. The smallest absolute Gasteiger partial charge is 0.0860 e. The monoisotopic (exact) mass is 301 g/mol. The summed E-state index contributed by atoms with van der Waals surface area (Å²) >= 11 is 8.34. The van der Waals surface area contributed by atoms with Crippen LogP contribution in [0.25, 0.3) is 0 Å². The third-order valence-corrected chi connectivity index (χ3v) is 5.56. The molecule has 1 aromatic heterocycles. The van der Waals surface area contributed by atoms with Crippen LogP contribution >= 0.6 is 23.4 Å². The summed E-state index contributed by atoms with van der Waals surface area (Å²) in [6.07, 6.45) is 7.49. The molecule has 0 aromatic carbocycles. The normalized spacial score (nSPS) is 23.8. The Morgan fingerprint density at radius 2 is 2.26 bits per heavy atom. The molecule has 5 heteroatoms. The van der Waals surface area contributed by atoms with E-state index in [-0.39, 0.29) is 0 Å². The zero-order chi connectivity index (χ0) is 13.8. The van der Waals surface area contributed by atoms with Crippen molar-refractivity contribution in [3.05, 3.63) is 16.4 Å². The molecule has 1 fully saturated rings. The molecule has 1 aromatic rings. The largest absolute Gasteiger partial charge is 0.308 e. The predicted molar refractivity (Wildman–Crippen MR) is 84.0 cm³/mol. The lowest BCUT2D eigenvalue weighted by Crippen LogP contribution is -2.35. The lowest BCUT2D eigenvalue weighted by Gasteiger charge is -2.28. The SMILES string of the molecule is CCn1nc(C)c(Cl)c1CNC1CCCC(SC)C1. The van der Waals surface area contributed by atoms with Crippen LogP contribution in [-0.4, -0.2) is 27.3 Å². The number of hydrogen-bond acceptors (Lipinski definition) is 3. The first-order valence-electron chi connectivity index (χ1n) is 7.13. The van der Waals surface area contributed by atoms with E-state index in [4.69, 9.17) is 11.6 Å². The number of nitrogens with one attached hydrogen (secondary N) is 1. The van der Waals surface area contributed by atoms with Crippen molar-refractivity contribution in [2.45, 2.75) is 63.9 Å². The topological polar surface area (TPSA) is 29.9 Å². The number of nitrogens with zero attached hydrogens (tertiary/aromatic N) is 2. The first kappa shape index (κ1) is 15.2. The molecule has 0 aliphatic heterocycles. The van der Waals surface area contributed by atoms with E-state index in [0.717, 1.165) is 34.7 Å². The molecule has 2 unspecified atom stereocenters. The highest BCUT2D eigenvalue weighted by Gasteiger charge is 2.21. The van der Waals surface area contributed by atoms with Crippen LogP contribution in [0.2, 0.25) is 5.02 Å². The van der Waals surface area contributed by atoms with E-state index in [0.29, 0.717) is 6.04 Å². The van der Waals surface area contributed by atoms with Crippen molar-refractivity contribution in [2.75, 3.05) is 6.26 Å². The summed E-state index contributed by atoms with van der Waals surface area (Å²) < 4.78 is 2.01. The summed E-state index contributed by atoms with van der Waals surface area (Å²) in [5, 5.41) is 9.78. The van der Waals surface area contributed by atoms with Gasteiger partial charge in [0.2, 0.25) is 0 Å². The number of halogens is 1. The molecule has 0 radical (unpaired) electrons. The van der Waals surface area contributed by atoms with Crippen molar-refractivity contribution in [3.8, 4) is 0 Å². The summed E-state index contributed by atoms with van der Waals surface area (Å²) in [4.78, 5) is 0. The summed E-state index contributed by atoms with van der Waals surface area (Å²) in [5.74, 6) is 0. The highest BCUT2D eigenvalue weighted by Crippen LogP contribution is 2.27. The first-order valence-corrected chi connectivity index (χ1v) is 8.80. The third-order valence-electron chi connectivity index (χ3n) is 3.97. The summed E-state index contributed by atoms with van der Waals surface area (Å²) in [5.41, 5.74) is 2.07. The van der Waals surface area contributed by atoms with Crippen LogP contribution in [0.5, 0.6) is 0 Å². The quantitative estimate of drug-likeness (QED) is 0.901. The van der Waals surface area contributed by atoms with Gasteiger partial charge in [0, 0.05) is 24.4 Å². The van der Waals surface area contributed by atoms with E-state index in [1.807, 2.05) is 23.4 Å². The Balaban J connectivity index is 1.95. The van der Waals surface area contributed by atoms with Crippen LogP contribution in [0.4, 0.5) is 0 Å². The minimum atomic E-state index is 0.628. The Kier molecular flexibility index (Phi) is 5.60. The van der Waals surface area contributed by atoms with Gasteiger partial charge in [-0.25, -0.2) is 0 Å². The van der Waals surface area contributed by atoms with Gasteiger partial charge in [0.25, 0.3) is 0 Å². The molecule has 1 aliphatic rings. The molecular formula is C14H24ClN3S. The zero-order valence-corrected chi connectivity index (χ0v) is 13.7. The fourth-order valence-corrected chi connectivity index (χ4v) is 3.85. The third kappa shape index (κ3) is 3.67. The standard InChI is InChI=1S/C14H24ClN3S/c1-4-18-13(14(15)10(2)17-18)9-16-11-6-5-7-12(8-11)19-3/h11-12,16H,4-9H2,1-3H3. The molecular weight excluding hydrogens is 278 g/mol. The Bertz CT molecular complexity index is 419. The zero-order valence-electron chi connectivity index (χ0n) is 12.1. The van der Waals surface area contributed by atoms with Crippen molar-refractivity contribution in [3.63, 3.8) is 0 Å². The lowest BCUT2D eigenvalue weighted by atomic mass is 9.95. The highest BCUT2D eigenvalue weighted by molar-refractivity contribution is 7.99. The molecule has 0 bridgehead atoms. The lowest BCUT2D eigenvalue weighted by molar-refractivity contribution is 0.374. The van der Waals surface area contributed by atoms with Gasteiger partial charge in [0.1, 0.15) is 0 Å². The van der Waals surface area contributed by atoms with Crippen LogP contribution in [0, 0.1) is 6.92 Å². The molecule has 0 spiro atoms. The van der Waals surface area contributed by atoms with Crippen molar-refractivity contribution in [1.82, 2.24) is 15.1 Å². The van der Waals surface area contributed by atoms with E-state index in [2.05, 4.69) is 23.6 Å². The maximum absolute atomic E-state index is 6.34. The van der Waals surface area contributed by atoms with E-state index in [1.165, 1.54) is 25.7 Å². The average Bonchev–Trinajstić information content (AvgIpc) is 2.72. The molecule has 1 saturated carbocycles. The number of thioether (sulfide) groups is 1. The Hall–Kier alpha value is -0.190. The first-order chi connectivity index (χ1) is 9.15. The molecule has 1 heterocycles. The molecule has 19 heavy (non-hydrogen) atoms. The van der Waals surface area contributed by atoms with Gasteiger partial charge in [-0.2, -0.15) is 16.9 Å². The maximum Gasteiger partial charge on any atom is 0.0860 e. The second-order valence-corrected chi connectivity index (χ2v) is 6.78. The van der Waals surface area contributed by atoms with Gasteiger partial charge in [0.05, 0.1) is 16.4 Å². The van der Waals surface area contributed by atoms with Gasteiger partial charge < -0.3 is 5.32 Å². The van der Waals surface area contributed by atoms with Gasteiger partial charge in [-0.15, -0.1) is 0 Å². The van der Waals surface area contributed by atoms with E-state index in [1.54, 1.807) is 0 Å². The number of hydrogen-bond donors (Lipinski definition) is 1. The van der Waals surface area contributed by atoms with Crippen LogP contribution < -0.4 is 5.32 Å². The summed E-state index contributed by atoms with van der Waals surface area (Å²) in [6, 6.07) is 0.628. The highest BCUT2D eigenvalue weighted by atomic mass is 35.5. The second-order valence-electron chi connectivity index (χ2n) is 5.26. The van der Waals surface area contributed by atoms with E-state index >= 15 is 0 Å². The van der Waals surface area contributed by atoms with E-state index in [9.17, 15) is 0 Å². The molecule has 1 aliphatic carbocycles. The number of rotatable bonds is 5. The maximum atomic E-state index is 6.34. The fraction of sp³-hybridized carbons (Fsp3) is 0.786. The predicted octanol–water partition coefficient (Wildman–Crippen LogP) is 3.63. The Labute approximate surface area is 125 Å². The van der Waals surface area contributed by atoms with Gasteiger partial charge in [-0.05, 0) is 39.4 Å². The van der Waals surface area contributed by atoms with Gasteiger partial charge in [-0.1, -0.05) is 18.0 Å². The molecule has 2 rings (SSSR count). The fourth-order valence-electron chi connectivity index (χ4n) is 2.82. The van der Waals surface area contributed by atoms with Crippen LogP contribution in [0.15, 0.2) is 0 Å². The summed E-state index contributed by atoms with van der Waals surface area (Å²) in [6.45, 7) is 5.79. The van der Waals surface area contributed by atoms with Crippen molar-refractivity contribution < 1.29 is 0 Å². The van der Waals surface area contributed by atoms with Crippen LogP contribution in [-0.2, 0) is 13.1 Å². The molecule has 1 N–H and O–H groups in total. The molecule has 3 nitrogen and oxygen atoms in total. The van der Waals surface area contributed by atoms with Crippen molar-refractivity contribution in [2.24, 2.45) is 0 Å². The Morgan fingerprint density at radius 3 is 2.95 bits per heavy atom. The van der Waals surface area contributed by atoms with Gasteiger partial charge in [-0.3, -0.25) is 4.68 Å². The Morgan fingerprint density at radius 1 is 1.47 bits per heavy atom. The van der Waals surface area contributed by atoms with Crippen molar-refractivity contribution in [1.29, 1.82) is 0 Å². The molecule has 108 valence electrons.